The Morgan fingerprint density at radius 2 is 2.05 bits per heavy atom. The third-order valence-electron chi connectivity index (χ3n) is 2.76. The van der Waals surface area contributed by atoms with E-state index in [9.17, 15) is 9.90 Å². The van der Waals surface area contributed by atoms with Crippen LogP contribution in [0, 0.1) is 6.92 Å². The van der Waals surface area contributed by atoms with Crippen molar-refractivity contribution >= 4 is 16.7 Å². The van der Waals surface area contributed by atoms with Crippen LogP contribution in [-0.4, -0.2) is 35.0 Å². The Morgan fingerprint density at radius 1 is 1.32 bits per heavy atom. The first kappa shape index (κ1) is 13.1. The Hall–Kier alpha value is -2.37. The molecule has 0 aliphatic carbocycles. The van der Waals surface area contributed by atoms with E-state index < -0.39 is 5.97 Å². The van der Waals surface area contributed by atoms with Crippen LogP contribution < -0.4 is 4.74 Å². The van der Waals surface area contributed by atoms with Crippen molar-refractivity contribution < 1.29 is 19.4 Å². The van der Waals surface area contributed by atoms with E-state index in [-0.39, 0.29) is 12.5 Å². The van der Waals surface area contributed by atoms with Gasteiger partial charge in [-0.3, -0.25) is 0 Å². The first-order valence-electron chi connectivity index (χ1n) is 5.79. The molecule has 0 atom stereocenters. The number of aromatic hydroxyl groups is 1. The molecule has 2 aromatic rings. The maximum atomic E-state index is 11.9. The number of carbonyl (C=O) groups excluding carboxylic acids is 1. The summed E-state index contributed by atoms with van der Waals surface area (Å²) in [7, 11) is 1.45. The number of nitrogens with zero attached hydrogens (tertiary/aromatic N) is 2. The van der Waals surface area contributed by atoms with Gasteiger partial charge in [-0.25, -0.2) is 4.79 Å². The molecular weight excluding hydrogens is 248 g/mol. The summed E-state index contributed by atoms with van der Waals surface area (Å²) in [4.78, 5) is 11.9. The first-order valence-corrected chi connectivity index (χ1v) is 5.79. The minimum atomic E-state index is -0.475. The number of rotatable bonds is 3. The summed E-state index contributed by atoms with van der Waals surface area (Å²) in [5.41, 5.74) is 0.911. The van der Waals surface area contributed by atoms with Gasteiger partial charge in [0.25, 0.3) is 0 Å². The fourth-order valence-corrected chi connectivity index (χ4v) is 1.83. The molecule has 0 unspecified atom stereocenters. The average Bonchev–Trinajstić information content (AvgIpc) is 2.42. The molecule has 0 saturated carbocycles. The Labute approximate surface area is 110 Å². The van der Waals surface area contributed by atoms with Gasteiger partial charge in [0.1, 0.15) is 11.3 Å². The zero-order valence-corrected chi connectivity index (χ0v) is 10.9. The number of ether oxygens (including phenoxy) is 2. The van der Waals surface area contributed by atoms with Crippen molar-refractivity contribution in [2.75, 3.05) is 13.7 Å². The second kappa shape index (κ2) is 5.09. The zero-order valence-electron chi connectivity index (χ0n) is 10.9. The minimum Gasteiger partial charge on any atom is -0.496 e. The molecule has 0 radical (unpaired) electrons. The molecule has 2 rings (SSSR count). The van der Waals surface area contributed by atoms with E-state index in [4.69, 9.17) is 9.47 Å². The molecule has 1 aromatic heterocycles. The van der Waals surface area contributed by atoms with E-state index in [1.165, 1.54) is 7.11 Å². The summed E-state index contributed by atoms with van der Waals surface area (Å²) in [6.07, 6.45) is 0. The maximum Gasteiger partial charge on any atom is 0.341 e. The third kappa shape index (κ3) is 2.29. The van der Waals surface area contributed by atoms with Gasteiger partial charge in [-0.05, 0) is 26.0 Å². The van der Waals surface area contributed by atoms with Gasteiger partial charge in [0.15, 0.2) is 0 Å². The Morgan fingerprint density at radius 3 is 2.68 bits per heavy atom. The van der Waals surface area contributed by atoms with Gasteiger partial charge in [0.05, 0.1) is 24.8 Å². The van der Waals surface area contributed by atoms with Gasteiger partial charge < -0.3 is 14.6 Å². The summed E-state index contributed by atoms with van der Waals surface area (Å²) in [5, 5.41) is 18.3. The van der Waals surface area contributed by atoms with Crippen LogP contribution in [0.4, 0.5) is 0 Å². The highest BCUT2D eigenvalue weighted by atomic mass is 16.5. The highest BCUT2D eigenvalue weighted by molar-refractivity contribution is 6.00. The molecule has 0 aliphatic rings. The average molecular weight is 262 g/mol. The fraction of sp³-hybridized carbons (Fsp3) is 0.308. The molecule has 1 N–H and O–H groups in total. The summed E-state index contributed by atoms with van der Waals surface area (Å²) in [6.45, 7) is 3.75. The van der Waals surface area contributed by atoms with Crippen molar-refractivity contribution in [2.45, 2.75) is 13.8 Å². The summed E-state index contributed by atoms with van der Waals surface area (Å²) >= 11 is 0. The van der Waals surface area contributed by atoms with Gasteiger partial charge in [0.2, 0.25) is 5.88 Å². The van der Waals surface area contributed by atoms with E-state index in [0.29, 0.717) is 27.8 Å². The van der Waals surface area contributed by atoms with Crippen molar-refractivity contribution in [3.63, 3.8) is 0 Å². The first-order chi connectivity index (χ1) is 9.08. The molecule has 0 saturated heterocycles. The zero-order chi connectivity index (χ0) is 14.0. The minimum absolute atomic E-state index is 0.200. The molecule has 0 spiro atoms. The van der Waals surface area contributed by atoms with Crippen LogP contribution >= 0.6 is 0 Å². The summed E-state index contributed by atoms with van der Waals surface area (Å²) in [6, 6.07) is 3.15. The number of hydrogen-bond donors (Lipinski definition) is 1. The van der Waals surface area contributed by atoms with Crippen molar-refractivity contribution in [2.24, 2.45) is 0 Å². The molecule has 6 nitrogen and oxygen atoms in total. The largest absolute Gasteiger partial charge is 0.496 e. The topological polar surface area (TPSA) is 81.5 Å². The number of fused-ring (bicyclic) bond motifs is 1. The quantitative estimate of drug-likeness (QED) is 0.850. The molecule has 0 fully saturated rings. The van der Waals surface area contributed by atoms with Gasteiger partial charge in [-0.15, -0.1) is 5.10 Å². The Bertz CT molecular complexity index is 640. The lowest BCUT2D eigenvalue weighted by molar-refractivity contribution is 0.0523. The lowest BCUT2D eigenvalue weighted by atomic mass is 10.1. The molecule has 0 amide bonds. The fourth-order valence-electron chi connectivity index (χ4n) is 1.83. The highest BCUT2D eigenvalue weighted by Gasteiger charge is 2.17. The SMILES string of the molecule is CCOC(=O)c1cc2c(C)nnc(O)c2cc1OC. The number of esters is 1. The van der Waals surface area contributed by atoms with Crippen molar-refractivity contribution in [3.05, 3.63) is 23.4 Å². The van der Waals surface area contributed by atoms with E-state index >= 15 is 0 Å². The number of methoxy groups -OCH3 is 1. The van der Waals surface area contributed by atoms with Crippen LogP contribution in [0.25, 0.3) is 10.8 Å². The van der Waals surface area contributed by atoms with Gasteiger partial charge in [-0.1, -0.05) is 0 Å². The Kier molecular flexibility index (Phi) is 3.50. The Balaban J connectivity index is 2.71. The van der Waals surface area contributed by atoms with Gasteiger partial charge in [0, 0.05) is 5.39 Å². The van der Waals surface area contributed by atoms with Crippen molar-refractivity contribution in [1.82, 2.24) is 10.2 Å². The van der Waals surface area contributed by atoms with Crippen LogP contribution in [0.15, 0.2) is 12.1 Å². The van der Waals surface area contributed by atoms with Crippen LogP contribution in [0.1, 0.15) is 23.0 Å². The van der Waals surface area contributed by atoms with E-state index in [0.717, 1.165) is 0 Å². The van der Waals surface area contributed by atoms with Crippen molar-refractivity contribution in [3.8, 4) is 11.6 Å². The van der Waals surface area contributed by atoms with E-state index in [1.807, 2.05) is 0 Å². The lowest BCUT2D eigenvalue weighted by Gasteiger charge is -2.10. The molecule has 1 aromatic carbocycles. The maximum absolute atomic E-state index is 11.9. The predicted molar refractivity (Wildman–Crippen MR) is 68.4 cm³/mol. The molecule has 1 heterocycles. The van der Waals surface area contributed by atoms with Gasteiger partial charge >= 0.3 is 5.97 Å². The smallest absolute Gasteiger partial charge is 0.341 e. The van der Waals surface area contributed by atoms with Crippen LogP contribution in [0.3, 0.4) is 0 Å². The van der Waals surface area contributed by atoms with Crippen molar-refractivity contribution in [1.29, 1.82) is 0 Å². The lowest BCUT2D eigenvalue weighted by Crippen LogP contribution is -2.07. The molecule has 100 valence electrons. The summed E-state index contributed by atoms with van der Waals surface area (Å²) < 4.78 is 10.1. The number of carbonyl (C=O) groups is 1. The molecule has 19 heavy (non-hydrogen) atoms. The monoisotopic (exact) mass is 262 g/mol. The number of benzene rings is 1. The number of aryl methyl sites for hydroxylation is 1. The number of aromatic nitrogens is 2. The number of hydrogen-bond acceptors (Lipinski definition) is 6. The third-order valence-corrected chi connectivity index (χ3v) is 2.76. The van der Waals surface area contributed by atoms with Crippen LogP contribution in [0.5, 0.6) is 11.6 Å². The van der Waals surface area contributed by atoms with E-state index in [1.54, 1.807) is 26.0 Å². The van der Waals surface area contributed by atoms with Crippen LogP contribution in [-0.2, 0) is 4.74 Å². The normalized spacial score (nSPS) is 10.5. The predicted octanol–water partition coefficient (Wildman–Crippen LogP) is 1.83. The van der Waals surface area contributed by atoms with Crippen LogP contribution in [0.2, 0.25) is 0 Å². The van der Waals surface area contributed by atoms with Gasteiger partial charge in [-0.2, -0.15) is 5.10 Å². The molecular formula is C13H14N2O4. The standard InChI is InChI=1S/C13H14N2O4/c1-4-19-13(17)10-5-8-7(2)14-15-12(16)9(8)6-11(10)18-3/h5-6H,4H2,1-3H3,(H,15,16). The second-order valence-corrected chi connectivity index (χ2v) is 3.93. The molecule has 0 bridgehead atoms. The summed E-state index contributed by atoms with van der Waals surface area (Å²) in [5.74, 6) is -0.347. The second-order valence-electron chi connectivity index (χ2n) is 3.93. The van der Waals surface area contributed by atoms with E-state index in [2.05, 4.69) is 10.2 Å². The molecule has 6 heteroatoms. The highest BCUT2D eigenvalue weighted by Crippen LogP contribution is 2.31. The molecule has 0 aliphatic heterocycles.